The number of carbonyl (C=O) groups is 1. The van der Waals surface area contributed by atoms with E-state index in [9.17, 15) is 4.79 Å². The van der Waals surface area contributed by atoms with E-state index >= 15 is 0 Å². The number of rotatable bonds is 6. The third kappa shape index (κ3) is 4.24. The quantitative estimate of drug-likeness (QED) is 0.408. The molecule has 32 heavy (non-hydrogen) atoms. The number of aryl methyl sites for hydroxylation is 1. The van der Waals surface area contributed by atoms with E-state index in [4.69, 9.17) is 0 Å². The Kier molecular flexibility index (Phi) is 5.89. The molecule has 0 unspecified atom stereocenters. The maximum atomic E-state index is 13.1. The molecule has 4 nitrogen and oxygen atoms in total. The predicted octanol–water partition coefficient (Wildman–Crippen LogP) is 2.23. The van der Waals surface area contributed by atoms with E-state index < -0.39 is 0 Å². The van der Waals surface area contributed by atoms with Crippen molar-refractivity contribution < 1.29 is 14.6 Å². The van der Waals surface area contributed by atoms with Gasteiger partial charge in [0, 0.05) is 33.8 Å². The number of benzene rings is 3. The number of aromatic amines is 1. The van der Waals surface area contributed by atoms with Gasteiger partial charge in [0.2, 0.25) is 5.78 Å². The smallest absolute Gasteiger partial charge is 0.219 e. The van der Waals surface area contributed by atoms with Crippen molar-refractivity contribution in [2.24, 2.45) is 0 Å². The predicted molar refractivity (Wildman–Crippen MR) is 128 cm³/mol. The largest absolute Gasteiger partial charge is 0.360 e. The number of aromatic nitrogens is 1. The van der Waals surface area contributed by atoms with Gasteiger partial charge in [-0.15, -0.1) is 0 Å². The van der Waals surface area contributed by atoms with Crippen LogP contribution in [0.1, 0.15) is 33.1 Å². The molecule has 0 atom stereocenters. The molecular formula is C28H31N3O+2. The molecule has 0 spiro atoms. The van der Waals surface area contributed by atoms with Crippen LogP contribution >= 0.6 is 0 Å². The highest BCUT2D eigenvalue weighted by Gasteiger charge is 2.32. The average Bonchev–Trinajstić information content (AvgIpc) is 3.25. The molecule has 4 heteroatoms. The van der Waals surface area contributed by atoms with E-state index in [2.05, 4.69) is 90.8 Å². The topological polar surface area (TPSA) is 41.7 Å². The van der Waals surface area contributed by atoms with Gasteiger partial charge in [0.15, 0.2) is 0 Å². The molecule has 0 bridgehead atoms. The lowest BCUT2D eigenvalue weighted by Gasteiger charge is -2.35. The molecule has 5 rings (SSSR count). The van der Waals surface area contributed by atoms with Gasteiger partial charge >= 0.3 is 0 Å². The number of hydrogen-bond acceptors (Lipinski definition) is 1. The molecule has 0 aliphatic carbocycles. The van der Waals surface area contributed by atoms with Crippen LogP contribution in [0, 0.1) is 6.92 Å². The molecular weight excluding hydrogens is 394 g/mol. The van der Waals surface area contributed by atoms with Gasteiger partial charge in [-0.1, -0.05) is 72.3 Å². The summed E-state index contributed by atoms with van der Waals surface area (Å²) in [6, 6.07) is 28.3. The average molecular weight is 426 g/mol. The summed E-state index contributed by atoms with van der Waals surface area (Å²) in [7, 11) is 0. The van der Waals surface area contributed by atoms with Crippen LogP contribution in [0.15, 0.2) is 85.1 Å². The van der Waals surface area contributed by atoms with Crippen LogP contribution in [0.4, 0.5) is 0 Å². The number of fused-ring (bicyclic) bond motifs is 1. The van der Waals surface area contributed by atoms with Crippen LogP contribution in [0.5, 0.6) is 0 Å². The minimum absolute atomic E-state index is 0.239. The number of hydrogen-bond donors (Lipinski definition) is 3. The molecule has 4 aromatic rings. The number of nitrogens with one attached hydrogen (secondary N) is 3. The first-order valence-electron chi connectivity index (χ1n) is 11.6. The Morgan fingerprint density at radius 2 is 1.50 bits per heavy atom. The highest BCUT2D eigenvalue weighted by Crippen LogP contribution is 2.20. The van der Waals surface area contributed by atoms with Crippen molar-refractivity contribution in [3.63, 3.8) is 0 Å². The molecule has 1 aliphatic rings. The van der Waals surface area contributed by atoms with Gasteiger partial charge in [0.05, 0.1) is 0 Å². The zero-order valence-corrected chi connectivity index (χ0v) is 18.6. The fourth-order valence-corrected chi connectivity index (χ4v) is 5.13. The van der Waals surface area contributed by atoms with Crippen LogP contribution < -0.4 is 9.80 Å². The van der Waals surface area contributed by atoms with Crippen molar-refractivity contribution in [3.05, 3.63) is 107 Å². The monoisotopic (exact) mass is 425 g/mol. The maximum absolute atomic E-state index is 13.1. The standard InChI is InChI=1S/C28H29N3O/c1-21-12-13-26-24(18-21)25(19-29-26)27(32)20-30-14-16-31(17-15-30)28(22-8-4-2-5-9-22)23-10-6-3-7-11-23/h2-13,18-19,28-29H,14-17,20H2,1H3/p+2. The SMILES string of the molecule is Cc1ccc2[nH]cc(C(=O)C[NH+]3CC[NH+](C(c4ccccc4)c4ccccc4)CC3)c2c1. The molecule has 1 fully saturated rings. The first-order valence-corrected chi connectivity index (χ1v) is 11.6. The minimum Gasteiger partial charge on any atom is -0.360 e. The number of piperazine rings is 1. The molecule has 2 heterocycles. The second kappa shape index (κ2) is 9.11. The molecule has 0 amide bonds. The van der Waals surface area contributed by atoms with Crippen molar-refractivity contribution in [1.29, 1.82) is 0 Å². The first kappa shape index (κ1) is 20.7. The lowest BCUT2D eigenvalue weighted by Crippen LogP contribution is -3.28. The van der Waals surface area contributed by atoms with Gasteiger partial charge < -0.3 is 14.8 Å². The van der Waals surface area contributed by atoms with E-state index in [0.717, 1.165) is 42.6 Å². The maximum Gasteiger partial charge on any atom is 0.219 e. The Morgan fingerprint density at radius 1 is 0.875 bits per heavy atom. The van der Waals surface area contributed by atoms with Gasteiger partial charge in [0.25, 0.3) is 0 Å². The Morgan fingerprint density at radius 3 is 2.12 bits per heavy atom. The molecule has 3 N–H and O–H groups in total. The summed E-state index contributed by atoms with van der Waals surface area (Å²) in [5.74, 6) is 0.239. The summed E-state index contributed by atoms with van der Waals surface area (Å²) in [4.78, 5) is 19.3. The molecule has 1 saturated heterocycles. The van der Waals surface area contributed by atoms with Crippen LogP contribution in [-0.4, -0.2) is 43.5 Å². The van der Waals surface area contributed by atoms with Crippen molar-refractivity contribution in [3.8, 4) is 0 Å². The first-order chi connectivity index (χ1) is 15.7. The second-order valence-electron chi connectivity index (χ2n) is 9.01. The Hall–Kier alpha value is -3.21. The van der Waals surface area contributed by atoms with E-state index in [1.165, 1.54) is 21.6 Å². The van der Waals surface area contributed by atoms with Crippen LogP contribution in [0.25, 0.3) is 10.9 Å². The highest BCUT2D eigenvalue weighted by atomic mass is 16.1. The van der Waals surface area contributed by atoms with Crippen LogP contribution in [-0.2, 0) is 0 Å². The third-order valence-electron chi connectivity index (χ3n) is 6.82. The highest BCUT2D eigenvalue weighted by molar-refractivity contribution is 6.08. The summed E-state index contributed by atoms with van der Waals surface area (Å²) in [6.07, 6.45) is 1.88. The molecule has 1 aromatic heterocycles. The van der Waals surface area contributed by atoms with Crippen LogP contribution in [0.2, 0.25) is 0 Å². The zero-order chi connectivity index (χ0) is 21.9. The zero-order valence-electron chi connectivity index (χ0n) is 18.6. The van der Waals surface area contributed by atoms with E-state index in [-0.39, 0.29) is 5.78 Å². The Balaban J connectivity index is 1.28. The van der Waals surface area contributed by atoms with E-state index in [1.807, 2.05) is 6.20 Å². The molecule has 162 valence electrons. The molecule has 0 saturated carbocycles. The van der Waals surface area contributed by atoms with Gasteiger partial charge in [-0.25, -0.2) is 0 Å². The molecule has 0 radical (unpaired) electrons. The number of Topliss-reactive ketones (excluding diaryl/α,β-unsaturated/α-hetero) is 1. The van der Waals surface area contributed by atoms with Gasteiger partial charge in [0.1, 0.15) is 38.8 Å². The third-order valence-corrected chi connectivity index (χ3v) is 6.82. The second-order valence-corrected chi connectivity index (χ2v) is 9.01. The lowest BCUT2D eigenvalue weighted by atomic mass is 9.96. The van der Waals surface area contributed by atoms with Gasteiger partial charge in [-0.05, 0) is 19.1 Å². The van der Waals surface area contributed by atoms with E-state index in [1.54, 1.807) is 4.90 Å². The summed E-state index contributed by atoms with van der Waals surface area (Å²) in [5, 5.41) is 1.05. The number of carbonyl (C=O) groups excluding carboxylic acids is 1. The van der Waals surface area contributed by atoms with Crippen molar-refractivity contribution >= 4 is 16.7 Å². The van der Waals surface area contributed by atoms with Gasteiger partial charge in [-0.2, -0.15) is 0 Å². The number of H-pyrrole nitrogens is 1. The lowest BCUT2D eigenvalue weighted by molar-refractivity contribution is -1.02. The molecule has 1 aliphatic heterocycles. The number of ketones is 1. The summed E-state index contributed by atoms with van der Waals surface area (Å²) in [5.41, 5.74) is 5.78. The summed E-state index contributed by atoms with van der Waals surface area (Å²) >= 11 is 0. The fraction of sp³-hybridized carbons (Fsp3) is 0.250. The minimum atomic E-state index is 0.239. The van der Waals surface area contributed by atoms with Crippen molar-refractivity contribution in [1.82, 2.24) is 4.98 Å². The summed E-state index contributed by atoms with van der Waals surface area (Å²) in [6.45, 7) is 6.78. The Bertz CT molecular complexity index is 1150. The van der Waals surface area contributed by atoms with E-state index in [0.29, 0.717) is 12.6 Å². The van der Waals surface area contributed by atoms with Crippen molar-refractivity contribution in [2.75, 3.05) is 32.7 Å². The number of quaternary nitrogens is 2. The van der Waals surface area contributed by atoms with Gasteiger partial charge in [-0.3, -0.25) is 4.79 Å². The van der Waals surface area contributed by atoms with Crippen LogP contribution in [0.3, 0.4) is 0 Å². The fourth-order valence-electron chi connectivity index (χ4n) is 5.13. The molecule has 3 aromatic carbocycles. The van der Waals surface area contributed by atoms with Crippen molar-refractivity contribution in [2.45, 2.75) is 13.0 Å². The normalized spacial score (nSPS) is 18.8. The summed E-state index contributed by atoms with van der Waals surface area (Å²) < 4.78 is 0. The Labute approximate surface area is 189 Å².